The number of phenols is 2. The topological polar surface area (TPSA) is 55.7 Å². The molecule has 3 N–H and O–H groups in total. The van der Waals surface area contributed by atoms with Gasteiger partial charge in [-0.2, -0.15) is 0 Å². The Bertz CT molecular complexity index is 748. The molecule has 0 aliphatic heterocycles. The molecule has 3 rings (SSSR count). The fourth-order valence-corrected chi connectivity index (χ4v) is 5.30. The van der Waals surface area contributed by atoms with Crippen LogP contribution >= 0.6 is 11.3 Å². The summed E-state index contributed by atoms with van der Waals surface area (Å²) >= 11 is 1.85. The molecule has 1 aliphatic carbocycles. The summed E-state index contributed by atoms with van der Waals surface area (Å²) in [6, 6.07) is 8.52. The zero-order valence-corrected chi connectivity index (χ0v) is 19.2. The van der Waals surface area contributed by atoms with Crippen LogP contribution in [0.5, 0.6) is 11.5 Å². The van der Waals surface area contributed by atoms with Crippen LogP contribution in [0, 0.1) is 0 Å². The third-order valence-corrected chi connectivity index (χ3v) is 7.18. The van der Waals surface area contributed by atoms with Crippen molar-refractivity contribution in [2.24, 2.45) is 0 Å². The quantitative estimate of drug-likeness (QED) is 0.305. The predicted molar refractivity (Wildman–Crippen MR) is 127 cm³/mol. The van der Waals surface area contributed by atoms with Gasteiger partial charge in [-0.15, -0.1) is 11.3 Å². The van der Waals surface area contributed by atoms with Gasteiger partial charge in [-0.25, -0.2) is 0 Å². The first-order valence-corrected chi connectivity index (χ1v) is 12.6. The first-order valence-electron chi connectivity index (χ1n) is 11.7. The third kappa shape index (κ3) is 6.73. The zero-order chi connectivity index (χ0) is 21.2. The number of nitrogens with one attached hydrogen (secondary N) is 1. The van der Waals surface area contributed by atoms with Crippen molar-refractivity contribution >= 4 is 11.3 Å². The Morgan fingerprint density at radius 2 is 1.93 bits per heavy atom. The van der Waals surface area contributed by atoms with Crippen LogP contribution in [0.25, 0.3) is 0 Å². The molecule has 2 aromatic rings. The predicted octanol–water partition coefficient (Wildman–Crippen LogP) is 5.12. The van der Waals surface area contributed by atoms with E-state index in [0.29, 0.717) is 6.04 Å². The summed E-state index contributed by atoms with van der Waals surface area (Å²) in [7, 11) is 0. The Morgan fingerprint density at radius 3 is 2.73 bits per heavy atom. The minimum atomic E-state index is 0.0126. The summed E-state index contributed by atoms with van der Waals surface area (Å²) in [6.45, 7) is 6.79. The van der Waals surface area contributed by atoms with Crippen molar-refractivity contribution in [3.05, 3.63) is 45.6 Å². The van der Waals surface area contributed by atoms with Gasteiger partial charge in [0, 0.05) is 16.5 Å². The average molecular weight is 431 g/mol. The van der Waals surface area contributed by atoms with Crippen molar-refractivity contribution in [2.75, 3.05) is 26.2 Å². The Kier molecular flexibility index (Phi) is 9.50. The van der Waals surface area contributed by atoms with Crippen LogP contribution in [0.3, 0.4) is 0 Å². The maximum atomic E-state index is 10.1. The second-order valence-electron chi connectivity index (χ2n) is 8.50. The first-order chi connectivity index (χ1) is 14.7. The number of rotatable bonds is 13. The van der Waals surface area contributed by atoms with E-state index in [4.69, 9.17) is 0 Å². The average Bonchev–Trinajstić information content (AvgIpc) is 3.28. The highest BCUT2D eigenvalue weighted by Gasteiger charge is 2.26. The van der Waals surface area contributed by atoms with Crippen LogP contribution in [-0.2, 0) is 19.3 Å². The van der Waals surface area contributed by atoms with Crippen molar-refractivity contribution in [3.63, 3.8) is 0 Å². The van der Waals surface area contributed by atoms with Crippen molar-refractivity contribution in [2.45, 2.75) is 70.8 Å². The molecule has 166 valence electrons. The van der Waals surface area contributed by atoms with E-state index >= 15 is 0 Å². The second-order valence-corrected chi connectivity index (χ2v) is 9.53. The number of unbranched alkanes of at least 4 members (excludes halogenated alkanes) is 3. The van der Waals surface area contributed by atoms with Gasteiger partial charge in [0.1, 0.15) is 0 Å². The van der Waals surface area contributed by atoms with E-state index in [-0.39, 0.29) is 11.5 Å². The maximum Gasteiger partial charge on any atom is 0.160 e. The summed E-state index contributed by atoms with van der Waals surface area (Å²) < 4.78 is 0. The molecule has 5 heteroatoms. The number of hydrogen-bond donors (Lipinski definition) is 3. The van der Waals surface area contributed by atoms with E-state index < -0.39 is 0 Å². The summed E-state index contributed by atoms with van der Waals surface area (Å²) in [6.07, 6.45) is 10.4. The molecule has 1 aliphatic rings. The highest BCUT2D eigenvalue weighted by Crippen LogP contribution is 2.36. The molecule has 0 radical (unpaired) electrons. The number of aromatic hydroxyl groups is 2. The van der Waals surface area contributed by atoms with Crippen LogP contribution in [0.15, 0.2) is 29.6 Å². The first kappa shape index (κ1) is 23.1. The summed E-state index contributed by atoms with van der Waals surface area (Å²) in [5.74, 6) is 0.107. The van der Waals surface area contributed by atoms with Gasteiger partial charge in [-0.1, -0.05) is 31.9 Å². The summed E-state index contributed by atoms with van der Waals surface area (Å²) in [5.41, 5.74) is 2.16. The van der Waals surface area contributed by atoms with Gasteiger partial charge in [0.15, 0.2) is 11.5 Å². The largest absolute Gasteiger partial charge is 0.504 e. The normalized spacial score (nSPS) is 16.1. The number of fused-ring (bicyclic) bond motifs is 1. The van der Waals surface area contributed by atoms with Crippen molar-refractivity contribution in [3.8, 4) is 11.5 Å². The van der Waals surface area contributed by atoms with Crippen LogP contribution < -0.4 is 5.32 Å². The fourth-order valence-electron chi connectivity index (χ4n) is 4.59. The molecular weight excluding hydrogens is 392 g/mol. The van der Waals surface area contributed by atoms with Crippen LogP contribution in [0.4, 0.5) is 0 Å². The molecule has 1 heterocycles. The highest BCUT2D eigenvalue weighted by atomic mass is 32.1. The van der Waals surface area contributed by atoms with Gasteiger partial charge in [0.05, 0.1) is 0 Å². The van der Waals surface area contributed by atoms with E-state index in [1.807, 2.05) is 17.4 Å². The molecular formula is C25H38N2O2S. The number of benzene rings is 1. The van der Waals surface area contributed by atoms with Crippen LogP contribution in [-0.4, -0.2) is 47.3 Å². The Labute approximate surface area is 185 Å². The van der Waals surface area contributed by atoms with Crippen LogP contribution in [0.1, 0.15) is 61.5 Å². The van der Waals surface area contributed by atoms with E-state index in [0.717, 1.165) is 50.9 Å². The molecule has 0 saturated carbocycles. The molecule has 1 atom stereocenters. The number of thiophene rings is 1. The molecule has 0 amide bonds. The minimum absolute atomic E-state index is 0.0126. The van der Waals surface area contributed by atoms with E-state index in [9.17, 15) is 10.2 Å². The molecule has 0 bridgehead atoms. The number of nitrogens with zero attached hydrogens (tertiary/aromatic N) is 1. The standard InChI is InChI=1S/C25H38N2O2S/c1-2-16-27(21-10-11-23-20(19-21)9-12-24(28)25(23)29)17-6-4-3-5-14-26-15-13-22-8-7-18-30-22/h7-9,12,18,21,26,28-29H,2-6,10-11,13-17,19H2,1H3. The second kappa shape index (κ2) is 12.3. The van der Waals surface area contributed by atoms with Gasteiger partial charge in [0.2, 0.25) is 0 Å². The fraction of sp³-hybridized carbons (Fsp3) is 0.600. The lowest BCUT2D eigenvalue weighted by molar-refractivity contribution is 0.175. The van der Waals surface area contributed by atoms with Gasteiger partial charge in [-0.3, -0.25) is 0 Å². The van der Waals surface area contributed by atoms with Gasteiger partial charge >= 0.3 is 0 Å². The summed E-state index contributed by atoms with van der Waals surface area (Å²) in [5, 5.41) is 25.6. The maximum absolute atomic E-state index is 10.1. The Hall–Kier alpha value is -1.56. The molecule has 4 nitrogen and oxygen atoms in total. The monoisotopic (exact) mass is 430 g/mol. The van der Waals surface area contributed by atoms with Crippen molar-refractivity contribution < 1.29 is 10.2 Å². The Morgan fingerprint density at radius 1 is 1.07 bits per heavy atom. The third-order valence-electron chi connectivity index (χ3n) is 6.25. The zero-order valence-electron chi connectivity index (χ0n) is 18.4. The van der Waals surface area contributed by atoms with E-state index in [1.54, 1.807) is 6.07 Å². The summed E-state index contributed by atoms with van der Waals surface area (Å²) in [4.78, 5) is 4.13. The van der Waals surface area contributed by atoms with Gasteiger partial charge < -0.3 is 20.4 Å². The molecule has 1 aromatic carbocycles. The SMILES string of the molecule is CCCN(CCCCCCNCCc1cccs1)C1CCc2c(ccc(O)c2O)C1. The van der Waals surface area contributed by atoms with Crippen molar-refractivity contribution in [1.29, 1.82) is 0 Å². The lowest BCUT2D eigenvalue weighted by Gasteiger charge is -2.35. The Balaban J connectivity index is 1.32. The molecule has 1 aromatic heterocycles. The molecule has 0 fully saturated rings. The molecule has 0 spiro atoms. The number of phenolic OH excluding ortho intramolecular Hbond substituents is 2. The lowest BCUT2D eigenvalue weighted by atomic mass is 9.86. The van der Waals surface area contributed by atoms with E-state index in [2.05, 4.69) is 34.7 Å². The van der Waals surface area contributed by atoms with E-state index in [1.165, 1.54) is 49.1 Å². The molecule has 0 saturated heterocycles. The smallest absolute Gasteiger partial charge is 0.160 e. The van der Waals surface area contributed by atoms with Crippen LogP contribution in [0.2, 0.25) is 0 Å². The number of hydrogen-bond acceptors (Lipinski definition) is 5. The van der Waals surface area contributed by atoms with Crippen molar-refractivity contribution in [1.82, 2.24) is 10.2 Å². The molecule has 1 unspecified atom stereocenters. The lowest BCUT2D eigenvalue weighted by Crippen LogP contribution is -2.40. The molecule has 30 heavy (non-hydrogen) atoms. The van der Waals surface area contributed by atoms with Gasteiger partial charge in [0.25, 0.3) is 0 Å². The minimum Gasteiger partial charge on any atom is -0.504 e. The highest BCUT2D eigenvalue weighted by molar-refractivity contribution is 7.09. The van der Waals surface area contributed by atoms with Gasteiger partial charge in [-0.05, 0) is 94.2 Å².